The van der Waals surface area contributed by atoms with Gasteiger partial charge >= 0.3 is 0 Å². The third-order valence-electron chi connectivity index (χ3n) is 2.86. The maximum Gasteiger partial charge on any atom is 0.126 e. The zero-order valence-corrected chi connectivity index (χ0v) is 12.6. The van der Waals surface area contributed by atoms with E-state index in [4.69, 9.17) is 0 Å². The normalized spacial score (nSPS) is 10.9. The third kappa shape index (κ3) is 5.74. The highest BCUT2D eigenvalue weighted by Crippen LogP contribution is 2.19. The molecule has 0 amide bonds. The minimum atomic E-state index is 0.987. The summed E-state index contributed by atoms with van der Waals surface area (Å²) in [6.07, 6.45) is 3.01. The van der Waals surface area contributed by atoms with E-state index in [0.29, 0.717) is 0 Å². The number of anilines is 1. The van der Waals surface area contributed by atoms with E-state index in [1.165, 1.54) is 4.90 Å². The minimum absolute atomic E-state index is 0.987. The van der Waals surface area contributed by atoms with Gasteiger partial charge in [0.25, 0.3) is 0 Å². The fraction of sp³-hybridized carbons (Fsp3) is 0.643. The van der Waals surface area contributed by atoms with Crippen molar-refractivity contribution in [2.45, 2.75) is 32.1 Å². The molecule has 3 nitrogen and oxygen atoms in total. The molecular formula is C14H25N3S. The Kier molecular flexibility index (Phi) is 7.85. The van der Waals surface area contributed by atoms with E-state index in [2.05, 4.69) is 48.1 Å². The second-order valence-corrected chi connectivity index (χ2v) is 5.35. The molecule has 0 aliphatic rings. The lowest BCUT2D eigenvalue weighted by Crippen LogP contribution is -2.25. The van der Waals surface area contributed by atoms with E-state index < -0.39 is 0 Å². The monoisotopic (exact) mass is 267 g/mol. The molecule has 0 aliphatic carbocycles. The Balaban J connectivity index is 2.37. The van der Waals surface area contributed by atoms with Crippen LogP contribution in [0.5, 0.6) is 0 Å². The maximum absolute atomic E-state index is 4.32. The fourth-order valence-electron chi connectivity index (χ4n) is 1.68. The van der Waals surface area contributed by atoms with Crippen LogP contribution in [0.25, 0.3) is 0 Å². The fourth-order valence-corrected chi connectivity index (χ4v) is 2.62. The third-order valence-corrected chi connectivity index (χ3v) is 3.83. The van der Waals surface area contributed by atoms with Crippen molar-refractivity contribution in [1.29, 1.82) is 0 Å². The predicted molar refractivity (Wildman–Crippen MR) is 81.5 cm³/mol. The van der Waals surface area contributed by atoms with Gasteiger partial charge in [0.1, 0.15) is 5.82 Å². The number of rotatable bonds is 9. The summed E-state index contributed by atoms with van der Waals surface area (Å²) in [5.41, 5.74) is 0. The summed E-state index contributed by atoms with van der Waals surface area (Å²) < 4.78 is 0. The highest BCUT2D eigenvalue weighted by molar-refractivity contribution is 7.99. The minimum Gasteiger partial charge on any atom is -0.370 e. The van der Waals surface area contributed by atoms with E-state index >= 15 is 0 Å². The van der Waals surface area contributed by atoms with Crippen molar-refractivity contribution < 1.29 is 0 Å². The van der Waals surface area contributed by atoms with Crippen LogP contribution in [0.3, 0.4) is 0 Å². The summed E-state index contributed by atoms with van der Waals surface area (Å²) in [7, 11) is 0. The van der Waals surface area contributed by atoms with Gasteiger partial charge in [0.05, 0.1) is 0 Å². The summed E-state index contributed by atoms with van der Waals surface area (Å²) in [5.74, 6) is 2.13. The smallest absolute Gasteiger partial charge is 0.126 e. The number of pyridine rings is 1. The van der Waals surface area contributed by atoms with Crippen molar-refractivity contribution in [3.63, 3.8) is 0 Å². The molecule has 0 aromatic carbocycles. The van der Waals surface area contributed by atoms with Crippen molar-refractivity contribution in [3.8, 4) is 0 Å². The van der Waals surface area contributed by atoms with Crippen LogP contribution in [0.1, 0.15) is 27.2 Å². The second kappa shape index (κ2) is 9.22. The molecule has 1 aromatic rings. The van der Waals surface area contributed by atoms with Gasteiger partial charge in [-0.2, -0.15) is 0 Å². The van der Waals surface area contributed by atoms with Crippen LogP contribution in [0.4, 0.5) is 5.82 Å². The lowest BCUT2D eigenvalue weighted by Gasteiger charge is -2.17. The molecule has 0 saturated heterocycles. The number of hydrogen-bond donors (Lipinski definition) is 1. The van der Waals surface area contributed by atoms with E-state index in [1.807, 2.05) is 18.0 Å². The summed E-state index contributed by atoms with van der Waals surface area (Å²) >= 11 is 1.91. The summed E-state index contributed by atoms with van der Waals surface area (Å²) in [6, 6.07) is 4.23. The van der Waals surface area contributed by atoms with Crippen LogP contribution in [-0.4, -0.2) is 41.8 Å². The number of nitrogens with one attached hydrogen (secondary N) is 1. The largest absolute Gasteiger partial charge is 0.370 e. The lowest BCUT2D eigenvalue weighted by molar-refractivity contribution is 0.324. The molecule has 0 fully saturated rings. The molecule has 4 heteroatoms. The molecule has 0 bridgehead atoms. The number of aromatic nitrogens is 1. The van der Waals surface area contributed by atoms with Gasteiger partial charge in [0, 0.05) is 29.9 Å². The Labute approximate surface area is 115 Å². The topological polar surface area (TPSA) is 28.2 Å². The Morgan fingerprint density at radius 3 is 2.72 bits per heavy atom. The van der Waals surface area contributed by atoms with Crippen LogP contribution >= 0.6 is 11.8 Å². The predicted octanol–water partition coefficient (Wildman–Crippen LogP) is 3.34. The van der Waals surface area contributed by atoms with Gasteiger partial charge in [-0.25, -0.2) is 4.98 Å². The van der Waals surface area contributed by atoms with Crippen LogP contribution in [-0.2, 0) is 0 Å². The summed E-state index contributed by atoms with van der Waals surface area (Å²) in [5, 5.41) is 3.32. The molecule has 1 aromatic heterocycles. The molecule has 0 spiro atoms. The molecule has 1 heterocycles. The first kappa shape index (κ1) is 15.3. The van der Waals surface area contributed by atoms with Crippen LogP contribution in [0.15, 0.2) is 23.2 Å². The number of nitrogens with zero attached hydrogens (tertiary/aromatic N) is 2. The van der Waals surface area contributed by atoms with E-state index in [-0.39, 0.29) is 0 Å². The summed E-state index contributed by atoms with van der Waals surface area (Å²) in [4.78, 5) is 8.07. The van der Waals surface area contributed by atoms with E-state index in [1.54, 1.807) is 0 Å². The van der Waals surface area contributed by atoms with Gasteiger partial charge in [-0.3, -0.25) is 0 Å². The second-order valence-electron chi connectivity index (χ2n) is 4.18. The number of hydrogen-bond acceptors (Lipinski definition) is 4. The van der Waals surface area contributed by atoms with Crippen molar-refractivity contribution >= 4 is 17.6 Å². The highest BCUT2D eigenvalue weighted by Gasteiger charge is 2.01. The zero-order chi connectivity index (χ0) is 13.2. The molecule has 0 saturated carbocycles. The first-order valence-electron chi connectivity index (χ1n) is 6.85. The van der Waals surface area contributed by atoms with Gasteiger partial charge in [-0.05, 0) is 31.6 Å². The first-order valence-corrected chi connectivity index (χ1v) is 7.83. The van der Waals surface area contributed by atoms with Crippen LogP contribution < -0.4 is 5.32 Å². The lowest BCUT2D eigenvalue weighted by atomic mass is 10.4. The Morgan fingerprint density at radius 1 is 1.28 bits per heavy atom. The average Bonchev–Trinajstić information content (AvgIpc) is 2.42. The van der Waals surface area contributed by atoms with Crippen LogP contribution in [0, 0.1) is 0 Å². The zero-order valence-electron chi connectivity index (χ0n) is 11.8. The Hall–Kier alpha value is -0.740. The quantitative estimate of drug-likeness (QED) is 0.695. The Bertz CT molecular complexity index is 327. The highest BCUT2D eigenvalue weighted by atomic mass is 32.2. The molecule has 1 N–H and O–H groups in total. The molecule has 0 unspecified atom stereocenters. The molecule has 1 rings (SSSR count). The molecule has 18 heavy (non-hydrogen) atoms. The van der Waals surface area contributed by atoms with Gasteiger partial charge in [-0.15, -0.1) is 11.8 Å². The standard InChI is InChI=1S/C14H25N3S/c1-4-8-15-14-12-13(7-9-16-14)18-11-10-17(5-2)6-3/h7,9,12H,4-6,8,10-11H2,1-3H3,(H,15,16). The van der Waals surface area contributed by atoms with Crippen molar-refractivity contribution in [3.05, 3.63) is 18.3 Å². The van der Waals surface area contributed by atoms with Gasteiger partial charge in [-0.1, -0.05) is 20.8 Å². The molecule has 0 radical (unpaired) electrons. The van der Waals surface area contributed by atoms with Gasteiger partial charge in [0.2, 0.25) is 0 Å². The average molecular weight is 267 g/mol. The van der Waals surface area contributed by atoms with Crippen molar-refractivity contribution in [1.82, 2.24) is 9.88 Å². The molecular weight excluding hydrogens is 242 g/mol. The molecule has 0 aliphatic heterocycles. The van der Waals surface area contributed by atoms with Crippen molar-refractivity contribution in [2.24, 2.45) is 0 Å². The molecule has 0 atom stereocenters. The van der Waals surface area contributed by atoms with Crippen molar-refractivity contribution in [2.75, 3.05) is 37.2 Å². The van der Waals surface area contributed by atoms with E-state index in [0.717, 1.165) is 44.2 Å². The van der Waals surface area contributed by atoms with Gasteiger partial charge < -0.3 is 10.2 Å². The molecule has 102 valence electrons. The summed E-state index contributed by atoms with van der Waals surface area (Å²) in [6.45, 7) is 11.0. The maximum atomic E-state index is 4.32. The van der Waals surface area contributed by atoms with Gasteiger partial charge in [0.15, 0.2) is 0 Å². The number of thioether (sulfide) groups is 1. The first-order chi connectivity index (χ1) is 8.80. The van der Waals surface area contributed by atoms with E-state index in [9.17, 15) is 0 Å². The van der Waals surface area contributed by atoms with Crippen LogP contribution in [0.2, 0.25) is 0 Å². The SMILES string of the molecule is CCCNc1cc(SCCN(CC)CC)ccn1. The Morgan fingerprint density at radius 2 is 2.06 bits per heavy atom.